The molecule has 4 nitrogen and oxygen atoms in total. The van der Waals surface area contributed by atoms with Gasteiger partial charge in [-0.3, -0.25) is 4.79 Å². The third-order valence-corrected chi connectivity index (χ3v) is 3.20. The summed E-state index contributed by atoms with van der Waals surface area (Å²) >= 11 is 11.8. The van der Waals surface area contributed by atoms with Crippen molar-refractivity contribution in [3.63, 3.8) is 0 Å². The van der Waals surface area contributed by atoms with Gasteiger partial charge in [-0.25, -0.2) is 4.98 Å². The molecule has 0 bridgehead atoms. The van der Waals surface area contributed by atoms with Gasteiger partial charge in [-0.2, -0.15) is 0 Å². The van der Waals surface area contributed by atoms with Gasteiger partial charge in [0.25, 0.3) is 0 Å². The fraction of sp³-hybridized carbons (Fsp3) is 0.167. The van der Waals surface area contributed by atoms with Crippen molar-refractivity contribution in [3.05, 3.63) is 46.0 Å². The molecule has 1 heterocycles. The van der Waals surface area contributed by atoms with Gasteiger partial charge in [-0.05, 0) is 19.1 Å². The number of carbonyl (C=O) groups is 1. The maximum absolute atomic E-state index is 12.2. The van der Waals surface area contributed by atoms with Crippen LogP contribution in [0.15, 0.2) is 24.7 Å². The summed E-state index contributed by atoms with van der Waals surface area (Å²) in [5.41, 5.74) is 6.62. The number of aromatic nitrogens is 2. The number of carbonyl (C=O) groups excluding carboxylic acids is 1. The van der Waals surface area contributed by atoms with E-state index in [0.717, 1.165) is 6.54 Å². The summed E-state index contributed by atoms with van der Waals surface area (Å²) in [6.07, 6.45) is 3.29. The Morgan fingerprint density at radius 1 is 1.39 bits per heavy atom. The lowest BCUT2D eigenvalue weighted by molar-refractivity contribution is 0.103. The molecule has 1 aromatic heterocycles. The predicted octanol–water partition coefficient (Wildman–Crippen LogP) is 3.02. The third-order valence-electron chi connectivity index (χ3n) is 2.57. The summed E-state index contributed by atoms with van der Waals surface area (Å²) in [7, 11) is 0. The van der Waals surface area contributed by atoms with Crippen LogP contribution in [0.1, 0.15) is 23.0 Å². The van der Waals surface area contributed by atoms with Crippen molar-refractivity contribution in [2.24, 2.45) is 0 Å². The zero-order valence-corrected chi connectivity index (χ0v) is 11.2. The zero-order valence-electron chi connectivity index (χ0n) is 9.65. The molecule has 0 saturated heterocycles. The highest BCUT2D eigenvalue weighted by Crippen LogP contribution is 2.29. The molecule has 0 aliphatic carbocycles. The van der Waals surface area contributed by atoms with Crippen LogP contribution in [0.25, 0.3) is 0 Å². The van der Waals surface area contributed by atoms with Gasteiger partial charge < -0.3 is 10.3 Å². The Labute approximate surface area is 114 Å². The average molecular weight is 284 g/mol. The summed E-state index contributed by atoms with van der Waals surface area (Å²) in [6, 6.07) is 2.99. The molecule has 0 amide bonds. The largest absolute Gasteiger partial charge is 0.396 e. The summed E-state index contributed by atoms with van der Waals surface area (Å²) in [5.74, 6) is -0.231. The van der Waals surface area contributed by atoms with Crippen molar-refractivity contribution in [3.8, 4) is 0 Å². The molecule has 1 aromatic carbocycles. The predicted molar refractivity (Wildman–Crippen MR) is 72.2 cm³/mol. The van der Waals surface area contributed by atoms with Crippen molar-refractivity contribution in [1.82, 2.24) is 9.55 Å². The number of hydrogen-bond donors (Lipinski definition) is 1. The lowest BCUT2D eigenvalue weighted by atomic mass is 10.1. The van der Waals surface area contributed by atoms with Crippen LogP contribution in [0.4, 0.5) is 5.69 Å². The van der Waals surface area contributed by atoms with E-state index in [0.29, 0.717) is 11.3 Å². The number of hydrogen-bond acceptors (Lipinski definition) is 3. The van der Waals surface area contributed by atoms with Crippen LogP contribution in [0.5, 0.6) is 0 Å². The second kappa shape index (κ2) is 5.00. The number of anilines is 1. The van der Waals surface area contributed by atoms with Gasteiger partial charge in [0.05, 0.1) is 22.1 Å². The second-order valence-electron chi connectivity index (χ2n) is 3.77. The Morgan fingerprint density at radius 2 is 2.00 bits per heavy atom. The quantitative estimate of drug-likeness (QED) is 0.696. The minimum absolute atomic E-state index is 0.231. The molecule has 0 atom stereocenters. The van der Waals surface area contributed by atoms with Gasteiger partial charge in [0.2, 0.25) is 5.78 Å². The highest BCUT2D eigenvalue weighted by Gasteiger charge is 2.15. The molecule has 2 rings (SSSR count). The average Bonchev–Trinajstić information content (AvgIpc) is 2.83. The van der Waals surface area contributed by atoms with E-state index in [2.05, 4.69) is 4.98 Å². The van der Waals surface area contributed by atoms with Crippen molar-refractivity contribution in [2.75, 3.05) is 5.73 Å². The molecule has 18 heavy (non-hydrogen) atoms. The van der Waals surface area contributed by atoms with Gasteiger partial charge in [-0.1, -0.05) is 23.2 Å². The SMILES string of the molecule is CCn1cnc(C(=O)c2cc(Cl)c(N)c(Cl)c2)c1. The van der Waals surface area contributed by atoms with E-state index < -0.39 is 0 Å². The van der Waals surface area contributed by atoms with Gasteiger partial charge in [0.15, 0.2) is 0 Å². The lowest BCUT2D eigenvalue weighted by Crippen LogP contribution is -2.03. The third kappa shape index (κ3) is 2.35. The molecule has 2 aromatic rings. The van der Waals surface area contributed by atoms with E-state index in [1.54, 1.807) is 12.5 Å². The van der Waals surface area contributed by atoms with E-state index >= 15 is 0 Å². The first-order valence-electron chi connectivity index (χ1n) is 5.34. The fourth-order valence-corrected chi connectivity index (χ4v) is 2.00. The summed E-state index contributed by atoms with van der Waals surface area (Å²) in [6.45, 7) is 2.72. The van der Waals surface area contributed by atoms with Crippen molar-refractivity contribution < 1.29 is 4.79 Å². The first-order valence-corrected chi connectivity index (χ1v) is 6.09. The summed E-state index contributed by atoms with van der Waals surface area (Å²) in [4.78, 5) is 16.2. The molecule has 0 fully saturated rings. The van der Waals surface area contributed by atoms with Gasteiger partial charge in [-0.15, -0.1) is 0 Å². The van der Waals surface area contributed by atoms with E-state index in [4.69, 9.17) is 28.9 Å². The molecule has 0 unspecified atom stereocenters. The Hall–Kier alpha value is -1.52. The van der Waals surface area contributed by atoms with Crippen LogP contribution < -0.4 is 5.73 Å². The monoisotopic (exact) mass is 283 g/mol. The Kier molecular flexibility index (Phi) is 3.59. The molecule has 0 spiro atoms. The highest BCUT2D eigenvalue weighted by molar-refractivity contribution is 6.39. The summed E-state index contributed by atoms with van der Waals surface area (Å²) in [5, 5.41) is 0.529. The molecular weight excluding hydrogens is 273 g/mol. The van der Waals surface area contributed by atoms with Crippen LogP contribution in [-0.2, 0) is 6.54 Å². The number of aryl methyl sites for hydroxylation is 1. The van der Waals surface area contributed by atoms with Crippen molar-refractivity contribution in [1.29, 1.82) is 0 Å². The number of nitrogens with zero attached hydrogens (tertiary/aromatic N) is 2. The molecule has 0 aliphatic heterocycles. The standard InChI is InChI=1S/C12H11Cl2N3O/c1-2-17-5-10(16-6-17)12(18)7-3-8(13)11(15)9(14)4-7/h3-6H,2,15H2,1H3. The first kappa shape index (κ1) is 12.9. The van der Waals surface area contributed by atoms with E-state index in [1.807, 2.05) is 11.5 Å². The number of nitrogens with two attached hydrogens (primary N) is 1. The molecule has 2 N–H and O–H groups in total. The number of benzene rings is 1. The molecule has 0 radical (unpaired) electrons. The van der Waals surface area contributed by atoms with Crippen LogP contribution in [0, 0.1) is 0 Å². The first-order chi connectivity index (χ1) is 8.52. The number of imidazole rings is 1. The molecule has 6 heteroatoms. The highest BCUT2D eigenvalue weighted by atomic mass is 35.5. The topological polar surface area (TPSA) is 60.9 Å². The Balaban J connectivity index is 2.40. The molecular formula is C12H11Cl2N3O. The van der Waals surface area contributed by atoms with E-state index in [9.17, 15) is 4.79 Å². The number of nitrogen functional groups attached to an aromatic ring is 1. The minimum atomic E-state index is -0.231. The Bertz CT molecular complexity index is 584. The minimum Gasteiger partial charge on any atom is -0.396 e. The van der Waals surface area contributed by atoms with Crippen LogP contribution in [-0.4, -0.2) is 15.3 Å². The van der Waals surface area contributed by atoms with Crippen LogP contribution in [0.3, 0.4) is 0 Å². The number of ketones is 1. The van der Waals surface area contributed by atoms with Gasteiger partial charge in [0.1, 0.15) is 5.69 Å². The number of rotatable bonds is 3. The van der Waals surface area contributed by atoms with Gasteiger partial charge in [0, 0.05) is 18.3 Å². The molecule has 94 valence electrons. The van der Waals surface area contributed by atoms with E-state index in [-0.39, 0.29) is 21.5 Å². The van der Waals surface area contributed by atoms with E-state index in [1.165, 1.54) is 12.1 Å². The fourth-order valence-electron chi connectivity index (χ4n) is 1.51. The van der Waals surface area contributed by atoms with Crippen molar-refractivity contribution >= 4 is 34.7 Å². The maximum Gasteiger partial charge on any atom is 0.213 e. The normalized spacial score (nSPS) is 10.6. The second-order valence-corrected chi connectivity index (χ2v) is 4.59. The van der Waals surface area contributed by atoms with Crippen molar-refractivity contribution in [2.45, 2.75) is 13.5 Å². The van der Waals surface area contributed by atoms with Gasteiger partial charge >= 0.3 is 0 Å². The Morgan fingerprint density at radius 3 is 2.50 bits per heavy atom. The smallest absolute Gasteiger partial charge is 0.213 e. The lowest BCUT2D eigenvalue weighted by Gasteiger charge is -2.04. The van der Waals surface area contributed by atoms with Crippen LogP contribution >= 0.6 is 23.2 Å². The molecule has 0 aliphatic rings. The number of halogens is 2. The van der Waals surface area contributed by atoms with Crippen LogP contribution in [0.2, 0.25) is 10.0 Å². The molecule has 0 saturated carbocycles. The summed E-state index contributed by atoms with van der Waals surface area (Å²) < 4.78 is 1.81. The maximum atomic E-state index is 12.2. The zero-order chi connectivity index (χ0) is 13.3.